The molecule has 2 rings (SSSR count). The van der Waals surface area contributed by atoms with E-state index >= 15 is 0 Å². The van der Waals surface area contributed by atoms with Crippen LogP contribution in [0.5, 0.6) is 0 Å². The lowest BCUT2D eigenvalue weighted by molar-refractivity contribution is -0.152. The molecule has 2 heterocycles. The molecule has 18 heavy (non-hydrogen) atoms. The molecule has 0 bridgehead atoms. The SMILES string of the molecule is CN1C(=O)C(CO)N(Cc2ccco2)CC1(C)C. The third kappa shape index (κ3) is 2.28. The van der Waals surface area contributed by atoms with Gasteiger partial charge in [-0.3, -0.25) is 9.69 Å². The molecule has 0 spiro atoms. The first-order chi connectivity index (χ1) is 8.45. The molecule has 1 aromatic heterocycles. The van der Waals surface area contributed by atoms with Gasteiger partial charge in [-0.15, -0.1) is 0 Å². The van der Waals surface area contributed by atoms with Gasteiger partial charge in [-0.25, -0.2) is 0 Å². The second-order valence-electron chi connectivity index (χ2n) is 5.39. The Hall–Kier alpha value is -1.33. The number of aliphatic hydroxyl groups excluding tert-OH is 1. The van der Waals surface area contributed by atoms with Crippen LogP contribution in [-0.2, 0) is 11.3 Å². The molecule has 1 saturated heterocycles. The van der Waals surface area contributed by atoms with Gasteiger partial charge in [0.25, 0.3) is 0 Å². The van der Waals surface area contributed by atoms with Crippen LogP contribution in [0.25, 0.3) is 0 Å². The summed E-state index contributed by atoms with van der Waals surface area (Å²) >= 11 is 0. The lowest BCUT2D eigenvalue weighted by Gasteiger charge is -2.48. The number of carbonyl (C=O) groups is 1. The number of furan rings is 1. The van der Waals surface area contributed by atoms with Crippen molar-refractivity contribution < 1.29 is 14.3 Å². The van der Waals surface area contributed by atoms with Crippen molar-refractivity contribution in [3.63, 3.8) is 0 Å². The maximum absolute atomic E-state index is 12.2. The van der Waals surface area contributed by atoms with Crippen LogP contribution in [-0.4, -0.2) is 52.6 Å². The highest BCUT2D eigenvalue weighted by Gasteiger charge is 2.42. The standard InChI is InChI=1S/C13H20N2O3/c1-13(2)9-15(7-10-5-4-6-18-10)11(8-16)12(17)14(13)3/h4-6,11,16H,7-9H2,1-3H3. The third-order valence-corrected chi connectivity index (χ3v) is 3.67. The van der Waals surface area contributed by atoms with Crippen molar-refractivity contribution in [3.8, 4) is 0 Å². The van der Waals surface area contributed by atoms with E-state index in [1.165, 1.54) is 0 Å². The van der Waals surface area contributed by atoms with Crippen LogP contribution < -0.4 is 0 Å². The van der Waals surface area contributed by atoms with E-state index in [0.717, 1.165) is 5.76 Å². The molecule has 0 aromatic carbocycles. The predicted molar refractivity (Wildman–Crippen MR) is 66.8 cm³/mol. The van der Waals surface area contributed by atoms with E-state index in [9.17, 15) is 9.90 Å². The van der Waals surface area contributed by atoms with E-state index in [0.29, 0.717) is 13.1 Å². The molecule has 0 saturated carbocycles. The Morgan fingerprint density at radius 2 is 2.28 bits per heavy atom. The topological polar surface area (TPSA) is 56.9 Å². The summed E-state index contributed by atoms with van der Waals surface area (Å²) in [7, 11) is 1.79. The van der Waals surface area contributed by atoms with Crippen LogP contribution in [0.4, 0.5) is 0 Å². The second-order valence-corrected chi connectivity index (χ2v) is 5.39. The van der Waals surface area contributed by atoms with Crippen LogP contribution in [0.3, 0.4) is 0 Å². The van der Waals surface area contributed by atoms with Gasteiger partial charge >= 0.3 is 0 Å². The number of carbonyl (C=O) groups excluding carboxylic acids is 1. The molecule has 100 valence electrons. The molecule has 5 heteroatoms. The van der Waals surface area contributed by atoms with E-state index in [2.05, 4.69) is 0 Å². The monoisotopic (exact) mass is 252 g/mol. The maximum atomic E-state index is 12.2. The molecule has 1 aromatic rings. The number of likely N-dealkylation sites (N-methyl/N-ethyl adjacent to an activating group) is 1. The van der Waals surface area contributed by atoms with Crippen molar-refractivity contribution in [2.45, 2.75) is 32.0 Å². The van der Waals surface area contributed by atoms with E-state index in [-0.39, 0.29) is 18.1 Å². The minimum absolute atomic E-state index is 0.0414. The zero-order valence-electron chi connectivity index (χ0n) is 11.1. The van der Waals surface area contributed by atoms with Gasteiger partial charge in [0.1, 0.15) is 11.8 Å². The van der Waals surface area contributed by atoms with Crippen molar-refractivity contribution in [2.75, 3.05) is 20.2 Å². The number of amides is 1. The van der Waals surface area contributed by atoms with Gasteiger partial charge in [0.2, 0.25) is 5.91 Å². The highest BCUT2D eigenvalue weighted by molar-refractivity contribution is 5.83. The highest BCUT2D eigenvalue weighted by atomic mass is 16.3. The van der Waals surface area contributed by atoms with Gasteiger partial charge in [0, 0.05) is 19.1 Å². The van der Waals surface area contributed by atoms with Gasteiger partial charge in [-0.1, -0.05) is 0 Å². The molecule has 1 fully saturated rings. The fraction of sp³-hybridized carbons (Fsp3) is 0.615. The molecule has 0 radical (unpaired) electrons. The summed E-state index contributed by atoms with van der Waals surface area (Å²) in [5, 5.41) is 9.43. The Kier molecular flexibility index (Phi) is 3.45. The van der Waals surface area contributed by atoms with Crippen LogP contribution in [0.2, 0.25) is 0 Å². The number of piperazine rings is 1. The largest absolute Gasteiger partial charge is 0.468 e. The normalized spacial score (nSPS) is 24.6. The van der Waals surface area contributed by atoms with Crippen LogP contribution in [0.15, 0.2) is 22.8 Å². The third-order valence-electron chi connectivity index (χ3n) is 3.67. The zero-order chi connectivity index (χ0) is 13.3. The summed E-state index contributed by atoms with van der Waals surface area (Å²) in [6, 6.07) is 3.23. The van der Waals surface area contributed by atoms with Gasteiger partial charge < -0.3 is 14.4 Å². The van der Waals surface area contributed by atoms with Gasteiger partial charge in [0.05, 0.1) is 19.4 Å². The van der Waals surface area contributed by atoms with Crippen molar-refractivity contribution in [2.24, 2.45) is 0 Å². The number of aliphatic hydroxyl groups is 1. The summed E-state index contributed by atoms with van der Waals surface area (Å²) in [5.74, 6) is 0.766. The number of hydrogen-bond acceptors (Lipinski definition) is 4. The first-order valence-electron chi connectivity index (χ1n) is 6.10. The number of rotatable bonds is 3. The first-order valence-corrected chi connectivity index (χ1v) is 6.10. The van der Waals surface area contributed by atoms with E-state index in [4.69, 9.17) is 4.42 Å². The smallest absolute Gasteiger partial charge is 0.242 e. The molecule has 1 aliphatic heterocycles. The van der Waals surface area contributed by atoms with Crippen LogP contribution in [0, 0.1) is 0 Å². The van der Waals surface area contributed by atoms with Crippen LogP contribution >= 0.6 is 0 Å². The second kappa shape index (κ2) is 4.74. The molecule has 1 amide bonds. The van der Waals surface area contributed by atoms with Gasteiger partial charge in [-0.05, 0) is 26.0 Å². The van der Waals surface area contributed by atoms with Crippen molar-refractivity contribution >= 4 is 5.91 Å². The summed E-state index contributed by atoms with van der Waals surface area (Å²) in [4.78, 5) is 15.9. The fourth-order valence-electron chi connectivity index (χ4n) is 2.35. The molecular formula is C13H20N2O3. The quantitative estimate of drug-likeness (QED) is 0.860. The molecule has 1 atom stereocenters. The zero-order valence-corrected chi connectivity index (χ0v) is 11.1. The Morgan fingerprint density at radius 3 is 2.83 bits per heavy atom. The van der Waals surface area contributed by atoms with Crippen molar-refractivity contribution in [1.82, 2.24) is 9.80 Å². The molecule has 1 unspecified atom stereocenters. The van der Waals surface area contributed by atoms with Gasteiger partial charge in [-0.2, -0.15) is 0 Å². The molecule has 5 nitrogen and oxygen atoms in total. The van der Waals surface area contributed by atoms with Crippen LogP contribution in [0.1, 0.15) is 19.6 Å². The number of nitrogens with zero attached hydrogens (tertiary/aromatic N) is 2. The minimum Gasteiger partial charge on any atom is -0.468 e. The molecule has 1 N–H and O–H groups in total. The minimum atomic E-state index is -0.479. The number of hydrogen-bond donors (Lipinski definition) is 1. The average Bonchev–Trinajstić information content (AvgIpc) is 2.79. The average molecular weight is 252 g/mol. The van der Waals surface area contributed by atoms with E-state index in [1.54, 1.807) is 18.2 Å². The summed E-state index contributed by atoms with van der Waals surface area (Å²) < 4.78 is 5.31. The highest BCUT2D eigenvalue weighted by Crippen LogP contribution is 2.25. The summed E-state index contributed by atoms with van der Waals surface area (Å²) in [6.45, 7) is 5.13. The molecule has 1 aliphatic rings. The van der Waals surface area contributed by atoms with E-state index in [1.807, 2.05) is 30.9 Å². The predicted octanol–water partition coefficient (Wildman–Crippen LogP) is 0.693. The van der Waals surface area contributed by atoms with Crippen molar-refractivity contribution in [3.05, 3.63) is 24.2 Å². The fourth-order valence-corrected chi connectivity index (χ4v) is 2.35. The Labute approximate surface area is 107 Å². The lowest BCUT2D eigenvalue weighted by atomic mass is 9.95. The van der Waals surface area contributed by atoms with E-state index < -0.39 is 6.04 Å². The Balaban J connectivity index is 2.19. The van der Waals surface area contributed by atoms with Gasteiger partial charge in [0.15, 0.2) is 0 Å². The summed E-state index contributed by atoms with van der Waals surface area (Å²) in [6.07, 6.45) is 1.62. The molecule has 0 aliphatic carbocycles. The van der Waals surface area contributed by atoms with Crippen molar-refractivity contribution in [1.29, 1.82) is 0 Å². The summed E-state index contributed by atoms with van der Waals surface area (Å²) in [5.41, 5.74) is -0.241. The lowest BCUT2D eigenvalue weighted by Crippen LogP contribution is -2.65. The Bertz CT molecular complexity index is 414. The first kappa shape index (κ1) is 13.1. The Morgan fingerprint density at radius 1 is 1.56 bits per heavy atom. The molecular weight excluding hydrogens is 232 g/mol. The maximum Gasteiger partial charge on any atom is 0.242 e.